The number of benzene rings is 1. The molecule has 1 spiro atoms. The summed E-state index contributed by atoms with van der Waals surface area (Å²) in [6.07, 6.45) is 6.62. The first kappa shape index (κ1) is 12.9. The van der Waals surface area contributed by atoms with Gasteiger partial charge >= 0.3 is 0 Å². The maximum absolute atomic E-state index is 12.2. The average Bonchev–Trinajstić information content (AvgIpc) is 3.11. The van der Waals surface area contributed by atoms with Crippen LogP contribution in [-0.2, 0) is 9.53 Å². The van der Waals surface area contributed by atoms with Crippen LogP contribution in [0.25, 0.3) is 0 Å². The maximum atomic E-state index is 12.2. The highest BCUT2D eigenvalue weighted by atomic mass is 16.5. The van der Waals surface area contributed by atoms with Crippen LogP contribution in [0.4, 0.5) is 0 Å². The minimum absolute atomic E-state index is 0.0133. The van der Waals surface area contributed by atoms with Gasteiger partial charge in [-0.1, -0.05) is 44.2 Å². The van der Waals surface area contributed by atoms with Crippen LogP contribution < -0.4 is 0 Å². The van der Waals surface area contributed by atoms with Gasteiger partial charge in [0.25, 0.3) is 0 Å². The number of carbonyl (C=O) groups is 1. The summed E-state index contributed by atoms with van der Waals surface area (Å²) in [5.41, 5.74) is 1.94. The Hall–Kier alpha value is -1.83. The van der Waals surface area contributed by atoms with E-state index in [1.165, 1.54) is 5.56 Å². The molecule has 3 aliphatic rings. The average molecular weight is 280 g/mol. The zero-order valence-corrected chi connectivity index (χ0v) is 12.6. The topological polar surface area (TPSA) is 26.3 Å². The van der Waals surface area contributed by atoms with Crippen molar-refractivity contribution in [2.45, 2.75) is 44.6 Å². The molecule has 1 heterocycles. The van der Waals surface area contributed by atoms with Crippen LogP contribution in [0, 0.1) is 5.41 Å². The molecule has 4 rings (SSSR count). The number of Topliss-reactive ketones (excluding diaryl/α,β-unsaturated/α-hetero) is 1. The zero-order chi connectivity index (χ0) is 14.7. The second-order valence-corrected chi connectivity index (χ2v) is 7.34. The highest BCUT2D eigenvalue weighted by molar-refractivity contribution is 6.00. The summed E-state index contributed by atoms with van der Waals surface area (Å²) in [7, 11) is 0. The molecule has 0 N–H and O–H groups in total. The first-order valence-corrected chi connectivity index (χ1v) is 7.69. The fraction of sp³-hybridized carbons (Fsp3) is 0.421. The van der Waals surface area contributed by atoms with Crippen LogP contribution in [0.5, 0.6) is 0 Å². The quantitative estimate of drug-likeness (QED) is 0.772. The van der Waals surface area contributed by atoms with Crippen LogP contribution in [0.1, 0.15) is 44.6 Å². The molecular weight excluding hydrogens is 260 g/mol. The molecule has 1 fully saturated rings. The Kier molecular flexibility index (Phi) is 2.51. The van der Waals surface area contributed by atoms with Crippen molar-refractivity contribution in [2.75, 3.05) is 0 Å². The van der Waals surface area contributed by atoms with Crippen molar-refractivity contribution in [1.29, 1.82) is 0 Å². The lowest BCUT2D eigenvalue weighted by Crippen LogP contribution is -2.30. The van der Waals surface area contributed by atoms with E-state index in [2.05, 4.69) is 44.2 Å². The van der Waals surface area contributed by atoms with Gasteiger partial charge < -0.3 is 4.74 Å². The lowest BCUT2D eigenvalue weighted by Gasteiger charge is -2.35. The summed E-state index contributed by atoms with van der Waals surface area (Å²) in [4.78, 5) is 12.2. The van der Waals surface area contributed by atoms with Gasteiger partial charge in [-0.3, -0.25) is 4.79 Å². The van der Waals surface area contributed by atoms with Crippen molar-refractivity contribution >= 4 is 5.78 Å². The SMILES string of the molecule is CC1(C)CC(=O)C2=C(C1)O[C@]1(C=C2)C[C@H]1c1ccccc1. The van der Waals surface area contributed by atoms with Gasteiger partial charge in [0.2, 0.25) is 0 Å². The Bertz CT molecular complexity index is 666. The zero-order valence-electron chi connectivity index (χ0n) is 12.6. The largest absolute Gasteiger partial charge is 0.486 e. The molecule has 0 aromatic heterocycles. The number of hydrogen-bond donors (Lipinski definition) is 0. The smallest absolute Gasteiger partial charge is 0.166 e. The normalized spacial score (nSPS) is 32.9. The summed E-state index contributed by atoms with van der Waals surface area (Å²) in [5, 5.41) is 0. The van der Waals surface area contributed by atoms with Crippen molar-refractivity contribution in [1.82, 2.24) is 0 Å². The molecule has 2 atom stereocenters. The number of carbonyl (C=O) groups excluding carboxylic acids is 1. The molecule has 1 aromatic rings. The first-order valence-electron chi connectivity index (χ1n) is 7.69. The fourth-order valence-corrected chi connectivity index (χ4v) is 3.68. The van der Waals surface area contributed by atoms with E-state index in [1.807, 2.05) is 12.1 Å². The van der Waals surface area contributed by atoms with Crippen LogP contribution >= 0.6 is 0 Å². The van der Waals surface area contributed by atoms with Gasteiger partial charge in [-0.2, -0.15) is 0 Å². The molecule has 0 unspecified atom stereocenters. The Labute approximate surface area is 125 Å². The van der Waals surface area contributed by atoms with Gasteiger partial charge in [0.15, 0.2) is 5.78 Å². The van der Waals surface area contributed by atoms with Crippen molar-refractivity contribution in [3.8, 4) is 0 Å². The molecule has 0 bridgehead atoms. The number of allylic oxidation sites excluding steroid dienone is 3. The van der Waals surface area contributed by atoms with Crippen molar-refractivity contribution < 1.29 is 9.53 Å². The Morgan fingerprint density at radius 3 is 2.67 bits per heavy atom. The molecule has 2 aliphatic carbocycles. The summed E-state index contributed by atoms with van der Waals surface area (Å²) in [5.74, 6) is 1.56. The van der Waals surface area contributed by atoms with E-state index in [0.29, 0.717) is 12.3 Å². The minimum atomic E-state index is -0.201. The van der Waals surface area contributed by atoms with E-state index in [4.69, 9.17) is 4.74 Å². The highest BCUT2D eigenvalue weighted by Gasteiger charge is 2.58. The van der Waals surface area contributed by atoms with Crippen molar-refractivity contribution in [2.24, 2.45) is 5.41 Å². The standard InChI is InChI=1S/C19H20O2/c1-18(2)11-16(20)14-8-9-19(21-17(14)12-18)10-15(19)13-6-4-3-5-7-13/h3-9,15H,10-12H2,1-2H3/t15-,19+/m0/s1. The second kappa shape index (κ2) is 4.09. The molecule has 0 amide bonds. The van der Waals surface area contributed by atoms with Crippen molar-refractivity contribution in [3.63, 3.8) is 0 Å². The molecule has 21 heavy (non-hydrogen) atoms. The van der Waals surface area contributed by atoms with Crippen LogP contribution in [0.2, 0.25) is 0 Å². The number of ketones is 1. The number of ether oxygens (including phenoxy) is 1. The van der Waals surface area contributed by atoms with Crippen molar-refractivity contribution in [3.05, 3.63) is 59.4 Å². The monoisotopic (exact) mass is 280 g/mol. The van der Waals surface area contributed by atoms with Gasteiger partial charge in [-0.15, -0.1) is 0 Å². The molecule has 0 radical (unpaired) electrons. The predicted molar refractivity (Wildman–Crippen MR) is 81.8 cm³/mol. The highest BCUT2D eigenvalue weighted by Crippen LogP contribution is 2.59. The molecular formula is C19H20O2. The van der Waals surface area contributed by atoms with Gasteiger partial charge in [0, 0.05) is 25.2 Å². The maximum Gasteiger partial charge on any atom is 0.166 e. The molecule has 2 heteroatoms. The molecule has 108 valence electrons. The third-order valence-corrected chi connectivity index (χ3v) is 4.88. The van der Waals surface area contributed by atoms with Gasteiger partial charge in [-0.25, -0.2) is 0 Å². The van der Waals surface area contributed by atoms with E-state index in [9.17, 15) is 4.79 Å². The lowest BCUT2D eigenvalue weighted by molar-refractivity contribution is -0.118. The third kappa shape index (κ3) is 2.05. The number of rotatable bonds is 1. The second-order valence-electron chi connectivity index (χ2n) is 7.34. The van der Waals surface area contributed by atoms with E-state index in [0.717, 1.165) is 24.2 Å². The van der Waals surface area contributed by atoms with E-state index < -0.39 is 0 Å². The Morgan fingerprint density at radius 2 is 1.90 bits per heavy atom. The van der Waals surface area contributed by atoms with E-state index in [-0.39, 0.29) is 16.8 Å². The number of hydrogen-bond acceptors (Lipinski definition) is 2. The fourth-order valence-electron chi connectivity index (χ4n) is 3.68. The molecule has 1 aromatic carbocycles. The van der Waals surface area contributed by atoms with E-state index in [1.54, 1.807) is 0 Å². The lowest BCUT2D eigenvalue weighted by atomic mass is 9.76. The predicted octanol–water partition coefficient (Wildman–Crippen LogP) is 4.14. The summed E-state index contributed by atoms with van der Waals surface area (Å²) in [6, 6.07) is 10.5. The van der Waals surface area contributed by atoms with Gasteiger partial charge in [0.05, 0.1) is 5.57 Å². The summed E-state index contributed by atoms with van der Waals surface area (Å²) >= 11 is 0. The van der Waals surface area contributed by atoms with Gasteiger partial charge in [-0.05, 0) is 23.1 Å². The minimum Gasteiger partial charge on any atom is -0.486 e. The Balaban J connectivity index is 1.62. The molecule has 2 nitrogen and oxygen atoms in total. The molecule has 0 saturated heterocycles. The first-order chi connectivity index (χ1) is 9.99. The van der Waals surface area contributed by atoms with Gasteiger partial charge in [0.1, 0.15) is 11.4 Å². The third-order valence-electron chi connectivity index (χ3n) is 4.88. The molecule has 1 saturated carbocycles. The summed E-state index contributed by atoms with van der Waals surface area (Å²) in [6.45, 7) is 4.29. The molecule has 1 aliphatic heterocycles. The summed E-state index contributed by atoms with van der Waals surface area (Å²) < 4.78 is 6.33. The van der Waals surface area contributed by atoms with Crippen LogP contribution in [0.3, 0.4) is 0 Å². The van der Waals surface area contributed by atoms with E-state index >= 15 is 0 Å². The Morgan fingerprint density at radius 1 is 1.14 bits per heavy atom. The van der Waals surface area contributed by atoms with Crippen LogP contribution in [0.15, 0.2) is 53.8 Å². The van der Waals surface area contributed by atoms with Crippen LogP contribution in [-0.4, -0.2) is 11.4 Å².